The third-order valence-electron chi connectivity index (χ3n) is 3.71. The molecule has 0 aliphatic carbocycles. The average molecular weight is 400 g/mol. The van der Waals surface area contributed by atoms with E-state index in [1.54, 1.807) is 22.9 Å². The molecule has 0 saturated heterocycles. The van der Waals surface area contributed by atoms with E-state index in [0.29, 0.717) is 5.69 Å². The second-order valence-electron chi connectivity index (χ2n) is 5.31. The van der Waals surface area contributed by atoms with Crippen LogP contribution < -0.4 is 0 Å². The maximum absolute atomic E-state index is 13.9. The van der Waals surface area contributed by atoms with E-state index in [2.05, 4.69) is 36.4 Å². The summed E-state index contributed by atoms with van der Waals surface area (Å²) in [7, 11) is 0. The lowest BCUT2D eigenvalue weighted by Gasteiger charge is -2.02. The number of halogens is 2. The molecule has 4 aromatic rings. The van der Waals surface area contributed by atoms with Crippen molar-refractivity contribution in [2.45, 2.75) is 6.92 Å². The zero-order chi connectivity index (χ0) is 17.4. The van der Waals surface area contributed by atoms with Crippen LogP contribution in [0.15, 0.2) is 57.5 Å². The lowest BCUT2D eigenvalue weighted by molar-refractivity contribution is 0.430. The van der Waals surface area contributed by atoms with Gasteiger partial charge in [0.2, 0.25) is 5.82 Å². The third kappa shape index (κ3) is 2.85. The number of aromatic nitrogens is 5. The topological polar surface area (TPSA) is 69.6 Å². The Morgan fingerprint density at radius 2 is 1.84 bits per heavy atom. The van der Waals surface area contributed by atoms with Crippen molar-refractivity contribution in [2.75, 3.05) is 0 Å². The highest BCUT2D eigenvalue weighted by molar-refractivity contribution is 9.10. The number of rotatable bonds is 3. The first kappa shape index (κ1) is 15.6. The number of benzene rings is 2. The molecule has 4 rings (SSSR count). The largest absolute Gasteiger partial charge is 0.332 e. The summed E-state index contributed by atoms with van der Waals surface area (Å²) >= 11 is 3.40. The minimum absolute atomic E-state index is 0.172. The van der Waals surface area contributed by atoms with Gasteiger partial charge in [0.15, 0.2) is 5.69 Å². The summed E-state index contributed by atoms with van der Waals surface area (Å²) in [6.07, 6.45) is 0. The average Bonchev–Trinajstić information content (AvgIpc) is 3.23. The van der Waals surface area contributed by atoms with E-state index in [0.717, 1.165) is 15.9 Å². The molecule has 2 heterocycles. The number of nitrogens with zero attached hydrogens (tertiary/aromatic N) is 5. The first-order valence-corrected chi connectivity index (χ1v) is 8.20. The van der Waals surface area contributed by atoms with Crippen LogP contribution in [-0.2, 0) is 0 Å². The van der Waals surface area contributed by atoms with E-state index in [-0.39, 0.29) is 17.3 Å². The molecule has 8 heteroatoms. The van der Waals surface area contributed by atoms with Crippen molar-refractivity contribution in [2.24, 2.45) is 0 Å². The molecule has 0 atom stereocenters. The fraction of sp³-hybridized carbons (Fsp3) is 0.0588. The number of hydrogen-bond acceptors (Lipinski definition) is 5. The maximum atomic E-state index is 13.9. The van der Waals surface area contributed by atoms with Crippen LogP contribution in [0, 0.1) is 12.7 Å². The molecule has 0 bridgehead atoms. The van der Waals surface area contributed by atoms with Crippen molar-refractivity contribution in [1.82, 2.24) is 25.1 Å². The Hall–Kier alpha value is -2.87. The van der Waals surface area contributed by atoms with Crippen LogP contribution in [0.25, 0.3) is 28.7 Å². The molecule has 0 fully saturated rings. The zero-order valence-electron chi connectivity index (χ0n) is 13.0. The maximum Gasteiger partial charge on any atom is 0.280 e. The Balaban J connectivity index is 1.72. The highest BCUT2D eigenvalue weighted by Crippen LogP contribution is 2.25. The summed E-state index contributed by atoms with van der Waals surface area (Å²) in [5.41, 5.74) is 2.33. The predicted molar refractivity (Wildman–Crippen MR) is 92.5 cm³/mol. The summed E-state index contributed by atoms with van der Waals surface area (Å²) in [5, 5.41) is 12.1. The fourth-order valence-electron chi connectivity index (χ4n) is 2.43. The van der Waals surface area contributed by atoms with Gasteiger partial charge in [0, 0.05) is 4.47 Å². The first-order valence-electron chi connectivity index (χ1n) is 7.41. The zero-order valence-corrected chi connectivity index (χ0v) is 14.6. The van der Waals surface area contributed by atoms with E-state index in [4.69, 9.17) is 4.52 Å². The van der Waals surface area contributed by atoms with Crippen LogP contribution in [0.4, 0.5) is 4.39 Å². The molecule has 0 amide bonds. The summed E-state index contributed by atoms with van der Waals surface area (Å²) in [6.45, 7) is 1.85. The summed E-state index contributed by atoms with van der Waals surface area (Å²) in [6, 6.07) is 13.9. The molecule has 25 heavy (non-hydrogen) atoms. The Morgan fingerprint density at radius 1 is 1.08 bits per heavy atom. The van der Waals surface area contributed by atoms with Crippen LogP contribution in [0.5, 0.6) is 0 Å². The molecule has 0 unspecified atom stereocenters. The SMILES string of the molecule is Cc1c(-c2nc(-c3ccccc3F)no2)nnn1-c1ccc(Br)cc1. The second kappa shape index (κ2) is 6.21. The smallest absolute Gasteiger partial charge is 0.280 e. The Morgan fingerprint density at radius 3 is 2.60 bits per heavy atom. The van der Waals surface area contributed by atoms with Crippen molar-refractivity contribution in [3.05, 3.63) is 64.5 Å². The van der Waals surface area contributed by atoms with Gasteiger partial charge in [0.05, 0.1) is 16.9 Å². The lowest BCUT2D eigenvalue weighted by atomic mass is 10.2. The van der Waals surface area contributed by atoms with Crippen LogP contribution in [0.2, 0.25) is 0 Å². The molecule has 0 saturated carbocycles. The Bertz CT molecular complexity index is 1040. The van der Waals surface area contributed by atoms with Gasteiger partial charge in [-0.25, -0.2) is 9.07 Å². The fourth-order valence-corrected chi connectivity index (χ4v) is 2.69. The van der Waals surface area contributed by atoms with Crippen molar-refractivity contribution in [3.63, 3.8) is 0 Å². The third-order valence-corrected chi connectivity index (χ3v) is 4.24. The molecule has 0 aliphatic rings. The van der Waals surface area contributed by atoms with E-state index in [1.165, 1.54) is 6.07 Å². The molecule has 124 valence electrons. The quantitative estimate of drug-likeness (QED) is 0.516. The van der Waals surface area contributed by atoms with Gasteiger partial charge in [-0.2, -0.15) is 4.98 Å². The molecule has 0 radical (unpaired) electrons. The molecule has 6 nitrogen and oxygen atoms in total. The predicted octanol–water partition coefficient (Wildman–Crippen LogP) is 4.19. The van der Waals surface area contributed by atoms with E-state index < -0.39 is 5.82 Å². The van der Waals surface area contributed by atoms with Crippen molar-refractivity contribution < 1.29 is 8.91 Å². The summed E-state index contributed by atoms with van der Waals surface area (Å²) < 4.78 is 21.8. The van der Waals surface area contributed by atoms with Crippen LogP contribution in [0.3, 0.4) is 0 Å². The first-order chi connectivity index (χ1) is 12.1. The molecule has 0 aliphatic heterocycles. The Labute approximate surface area is 150 Å². The van der Waals surface area contributed by atoms with E-state index in [1.807, 2.05) is 31.2 Å². The lowest BCUT2D eigenvalue weighted by Crippen LogP contribution is -1.98. The normalized spacial score (nSPS) is 11.0. The molecular formula is C17H11BrFN5O. The highest BCUT2D eigenvalue weighted by atomic mass is 79.9. The molecule has 2 aromatic heterocycles. The molecule has 2 aromatic carbocycles. The van der Waals surface area contributed by atoms with Crippen molar-refractivity contribution in [3.8, 4) is 28.7 Å². The van der Waals surface area contributed by atoms with Crippen LogP contribution in [0.1, 0.15) is 5.69 Å². The van der Waals surface area contributed by atoms with E-state index >= 15 is 0 Å². The standard InChI is InChI=1S/C17H11BrFN5O/c1-10-15(21-23-24(10)12-8-6-11(18)7-9-12)17-20-16(22-25-17)13-4-2-3-5-14(13)19/h2-9H,1H3. The van der Waals surface area contributed by atoms with Gasteiger partial charge in [0.1, 0.15) is 5.82 Å². The minimum atomic E-state index is -0.412. The van der Waals surface area contributed by atoms with Gasteiger partial charge in [-0.3, -0.25) is 0 Å². The molecule has 0 spiro atoms. The highest BCUT2D eigenvalue weighted by Gasteiger charge is 2.20. The van der Waals surface area contributed by atoms with Crippen LogP contribution >= 0.6 is 15.9 Å². The van der Waals surface area contributed by atoms with Gasteiger partial charge < -0.3 is 4.52 Å². The van der Waals surface area contributed by atoms with Gasteiger partial charge in [-0.15, -0.1) is 5.10 Å². The van der Waals surface area contributed by atoms with E-state index in [9.17, 15) is 4.39 Å². The minimum Gasteiger partial charge on any atom is -0.332 e. The van der Waals surface area contributed by atoms with Gasteiger partial charge in [-0.05, 0) is 43.3 Å². The van der Waals surface area contributed by atoms with Crippen molar-refractivity contribution >= 4 is 15.9 Å². The van der Waals surface area contributed by atoms with Gasteiger partial charge >= 0.3 is 0 Å². The number of hydrogen-bond donors (Lipinski definition) is 0. The van der Waals surface area contributed by atoms with Gasteiger partial charge in [0.25, 0.3) is 5.89 Å². The summed E-state index contributed by atoms with van der Waals surface area (Å²) in [4.78, 5) is 4.25. The summed E-state index contributed by atoms with van der Waals surface area (Å²) in [5.74, 6) is -0.0464. The Kier molecular flexibility index (Phi) is 3.89. The molecule has 0 N–H and O–H groups in total. The second-order valence-corrected chi connectivity index (χ2v) is 6.23. The monoisotopic (exact) mass is 399 g/mol. The molecular weight excluding hydrogens is 389 g/mol. The van der Waals surface area contributed by atoms with Crippen molar-refractivity contribution in [1.29, 1.82) is 0 Å². The van der Waals surface area contributed by atoms with Gasteiger partial charge in [-0.1, -0.05) is 38.4 Å². The van der Waals surface area contributed by atoms with Crippen LogP contribution in [-0.4, -0.2) is 25.1 Å².